The van der Waals surface area contributed by atoms with Crippen molar-refractivity contribution in [2.24, 2.45) is 0 Å². The summed E-state index contributed by atoms with van der Waals surface area (Å²) >= 11 is 0. The van der Waals surface area contributed by atoms with Gasteiger partial charge in [-0.1, -0.05) is 18.2 Å². The van der Waals surface area contributed by atoms with Crippen molar-refractivity contribution in [1.29, 1.82) is 5.26 Å². The highest BCUT2D eigenvalue weighted by molar-refractivity contribution is 5.54. The van der Waals surface area contributed by atoms with Crippen LogP contribution in [-0.4, -0.2) is 20.4 Å². The molecule has 1 heterocycles. The Hall–Kier alpha value is -2.55. The molecule has 0 bridgehead atoms. The number of hydrogen-bond donors (Lipinski definition) is 0. The molecule has 17 heavy (non-hydrogen) atoms. The molecule has 0 aliphatic rings. The Morgan fingerprint density at radius 3 is 2.71 bits per heavy atom. The number of aryl methyl sites for hydroxylation is 1. The molecule has 84 valence electrons. The van der Waals surface area contributed by atoms with Gasteiger partial charge in [-0.15, -0.1) is 20.4 Å². The van der Waals surface area contributed by atoms with Crippen LogP contribution in [0.5, 0.6) is 0 Å². The van der Waals surface area contributed by atoms with Gasteiger partial charge in [-0.2, -0.15) is 5.26 Å². The molecule has 1 aromatic carbocycles. The normalized spacial score (nSPS) is 9.65. The third kappa shape index (κ3) is 2.72. The molecule has 0 saturated heterocycles. The van der Waals surface area contributed by atoms with Gasteiger partial charge in [0, 0.05) is 5.56 Å². The molecule has 0 N–H and O–H groups in total. The van der Waals surface area contributed by atoms with E-state index in [4.69, 9.17) is 5.26 Å². The first kappa shape index (κ1) is 11.0. The van der Waals surface area contributed by atoms with Gasteiger partial charge >= 0.3 is 0 Å². The summed E-state index contributed by atoms with van der Waals surface area (Å²) in [5, 5.41) is 23.9. The van der Waals surface area contributed by atoms with E-state index in [0.717, 1.165) is 11.1 Å². The van der Waals surface area contributed by atoms with E-state index in [2.05, 4.69) is 25.1 Å². The highest BCUT2D eigenvalue weighted by Gasteiger charge is 2.04. The quantitative estimate of drug-likeness (QED) is 0.733. The van der Waals surface area contributed by atoms with Crippen LogP contribution in [0.2, 0.25) is 0 Å². The fourth-order valence-electron chi connectivity index (χ4n) is 1.31. The number of aromatic nitrogens is 4. The Labute approximate surface area is 97.9 Å². The monoisotopic (exact) mass is 227 g/mol. The standard InChI is InChI=1S/C11H9N5O/c1-8-13-15-11(16-14-8)10-4-2-3-9(5-10)6-17-7-12/h2-5H,6H2,1H3. The number of ether oxygens (including phenoxy) is 1. The molecule has 0 aliphatic carbocycles. The second-order valence-electron chi connectivity index (χ2n) is 3.35. The zero-order valence-corrected chi connectivity index (χ0v) is 9.16. The molecule has 0 unspecified atom stereocenters. The van der Waals surface area contributed by atoms with Gasteiger partial charge in [0.05, 0.1) is 0 Å². The molecular formula is C11H9N5O. The third-order valence-corrected chi connectivity index (χ3v) is 2.07. The number of rotatable bonds is 3. The Kier molecular flexibility index (Phi) is 3.21. The largest absolute Gasteiger partial charge is 0.423 e. The Morgan fingerprint density at radius 1 is 1.24 bits per heavy atom. The molecule has 0 saturated carbocycles. The Morgan fingerprint density at radius 2 is 2.00 bits per heavy atom. The number of benzene rings is 1. The lowest BCUT2D eigenvalue weighted by Crippen LogP contribution is -1.99. The lowest BCUT2D eigenvalue weighted by molar-refractivity contribution is 0.257. The van der Waals surface area contributed by atoms with Crippen LogP contribution in [0.25, 0.3) is 11.4 Å². The van der Waals surface area contributed by atoms with E-state index in [-0.39, 0.29) is 6.61 Å². The lowest BCUT2D eigenvalue weighted by Gasteiger charge is -2.01. The van der Waals surface area contributed by atoms with Crippen LogP contribution in [0.4, 0.5) is 0 Å². The zero-order valence-electron chi connectivity index (χ0n) is 9.16. The predicted octanol–water partition coefficient (Wildman–Crippen LogP) is 1.24. The van der Waals surface area contributed by atoms with Crippen molar-refractivity contribution in [3.8, 4) is 17.6 Å². The minimum absolute atomic E-state index is 0.233. The summed E-state index contributed by atoms with van der Waals surface area (Å²) < 4.78 is 4.66. The smallest absolute Gasteiger partial charge is 0.286 e. The summed E-state index contributed by atoms with van der Waals surface area (Å²) in [6, 6.07) is 7.39. The van der Waals surface area contributed by atoms with Gasteiger partial charge in [0.2, 0.25) is 5.82 Å². The van der Waals surface area contributed by atoms with Gasteiger partial charge in [-0.05, 0) is 18.6 Å². The molecular weight excluding hydrogens is 218 g/mol. The maximum absolute atomic E-state index is 8.33. The summed E-state index contributed by atoms with van der Waals surface area (Å²) in [6.45, 7) is 1.96. The van der Waals surface area contributed by atoms with Crippen LogP contribution >= 0.6 is 0 Å². The zero-order chi connectivity index (χ0) is 12.1. The first-order valence-corrected chi connectivity index (χ1v) is 4.94. The topological polar surface area (TPSA) is 84.6 Å². The number of nitriles is 1. The first-order valence-electron chi connectivity index (χ1n) is 4.94. The third-order valence-electron chi connectivity index (χ3n) is 2.07. The van der Waals surface area contributed by atoms with E-state index >= 15 is 0 Å². The van der Waals surface area contributed by atoms with Crippen LogP contribution in [-0.2, 0) is 11.3 Å². The van der Waals surface area contributed by atoms with Crippen LogP contribution < -0.4 is 0 Å². The number of nitrogens with zero attached hydrogens (tertiary/aromatic N) is 5. The van der Waals surface area contributed by atoms with Crippen LogP contribution in [0.3, 0.4) is 0 Å². The second-order valence-corrected chi connectivity index (χ2v) is 3.35. The Bertz CT molecular complexity index is 547. The average molecular weight is 227 g/mol. The highest BCUT2D eigenvalue weighted by atomic mass is 16.5. The van der Waals surface area contributed by atoms with Gasteiger partial charge < -0.3 is 4.74 Å². The van der Waals surface area contributed by atoms with E-state index in [0.29, 0.717) is 11.6 Å². The SMILES string of the molecule is Cc1nnc(-c2cccc(COC#N)c2)nn1. The van der Waals surface area contributed by atoms with Crippen LogP contribution in [0.1, 0.15) is 11.4 Å². The summed E-state index contributed by atoms with van der Waals surface area (Å²) in [4.78, 5) is 0. The van der Waals surface area contributed by atoms with Gasteiger partial charge in [-0.25, -0.2) is 0 Å². The maximum atomic E-state index is 8.33. The van der Waals surface area contributed by atoms with Gasteiger partial charge in [0.25, 0.3) is 6.26 Å². The first-order chi connectivity index (χ1) is 8.29. The van der Waals surface area contributed by atoms with Crippen molar-refractivity contribution in [1.82, 2.24) is 20.4 Å². The van der Waals surface area contributed by atoms with Crippen molar-refractivity contribution in [2.45, 2.75) is 13.5 Å². The van der Waals surface area contributed by atoms with Crippen molar-refractivity contribution in [3.05, 3.63) is 35.7 Å². The fourth-order valence-corrected chi connectivity index (χ4v) is 1.31. The molecule has 1 aromatic heterocycles. The molecule has 0 amide bonds. The molecule has 0 aliphatic heterocycles. The van der Waals surface area contributed by atoms with Crippen LogP contribution in [0.15, 0.2) is 24.3 Å². The van der Waals surface area contributed by atoms with Crippen molar-refractivity contribution < 1.29 is 4.74 Å². The molecule has 2 rings (SSSR count). The average Bonchev–Trinajstić information content (AvgIpc) is 2.37. The maximum Gasteiger partial charge on any atom is 0.286 e. The Balaban J connectivity index is 2.27. The molecule has 6 heteroatoms. The van der Waals surface area contributed by atoms with Gasteiger partial charge in [0.15, 0.2) is 5.82 Å². The number of hydrogen-bond acceptors (Lipinski definition) is 6. The molecule has 6 nitrogen and oxygen atoms in total. The molecule has 2 aromatic rings. The molecule has 0 spiro atoms. The van der Waals surface area contributed by atoms with E-state index in [1.54, 1.807) is 13.2 Å². The minimum atomic E-state index is 0.233. The molecule has 0 atom stereocenters. The van der Waals surface area contributed by atoms with E-state index < -0.39 is 0 Å². The highest BCUT2D eigenvalue weighted by Crippen LogP contribution is 2.15. The fraction of sp³-hybridized carbons (Fsp3) is 0.182. The van der Waals surface area contributed by atoms with E-state index in [9.17, 15) is 0 Å². The van der Waals surface area contributed by atoms with Gasteiger partial charge in [0.1, 0.15) is 6.61 Å². The van der Waals surface area contributed by atoms with Crippen molar-refractivity contribution in [3.63, 3.8) is 0 Å². The minimum Gasteiger partial charge on any atom is -0.423 e. The lowest BCUT2D eigenvalue weighted by atomic mass is 10.1. The van der Waals surface area contributed by atoms with Crippen LogP contribution in [0, 0.1) is 18.4 Å². The van der Waals surface area contributed by atoms with Crippen molar-refractivity contribution in [2.75, 3.05) is 0 Å². The van der Waals surface area contributed by atoms with E-state index in [1.165, 1.54) is 0 Å². The van der Waals surface area contributed by atoms with Gasteiger partial charge in [-0.3, -0.25) is 0 Å². The van der Waals surface area contributed by atoms with E-state index in [1.807, 2.05) is 24.3 Å². The summed E-state index contributed by atoms with van der Waals surface area (Å²) in [5.41, 5.74) is 1.66. The molecule has 0 radical (unpaired) electrons. The molecule has 0 fully saturated rings. The predicted molar refractivity (Wildman–Crippen MR) is 58.2 cm³/mol. The summed E-state index contributed by atoms with van der Waals surface area (Å²) in [5.74, 6) is 0.979. The second kappa shape index (κ2) is 4.99. The summed E-state index contributed by atoms with van der Waals surface area (Å²) in [7, 11) is 0. The summed E-state index contributed by atoms with van der Waals surface area (Å²) in [6.07, 6.45) is 1.63. The van der Waals surface area contributed by atoms with Crippen molar-refractivity contribution >= 4 is 0 Å².